The Morgan fingerprint density at radius 2 is 2.19 bits per heavy atom. The summed E-state index contributed by atoms with van der Waals surface area (Å²) in [5, 5.41) is 0. The molecule has 0 N–H and O–H groups in total. The number of aromatic nitrogens is 2. The van der Waals surface area contributed by atoms with Crippen LogP contribution in [0.1, 0.15) is 25.6 Å². The third kappa shape index (κ3) is 3.49. The Kier molecular flexibility index (Phi) is 4.69. The normalized spacial score (nSPS) is 10.1. The van der Waals surface area contributed by atoms with Gasteiger partial charge in [-0.05, 0) is 6.92 Å². The van der Waals surface area contributed by atoms with Gasteiger partial charge in [-0.3, -0.25) is 9.59 Å². The molecular weight excluding hydrogens is 208 g/mol. The summed E-state index contributed by atoms with van der Waals surface area (Å²) in [6.45, 7) is 2.78. The molecule has 0 unspecified atom stereocenters. The number of imidazole rings is 1. The van der Waals surface area contributed by atoms with Gasteiger partial charge in [-0.15, -0.1) is 0 Å². The molecular formula is C11H16N2O3. The summed E-state index contributed by atoms with van der Waals surface area (Å²) in [5.41, 5.74) is 0. The lowest BCUT2D eigenvalue weighted by molar-refractivity contribution is -0.141. The summed E-state index contributed by atoms with van der Waals surface area (Å²) in [7, 11) is 1.32. The lowest BCUT2D eigenvalue weighted by atomic mass is 10.1. The minimum Gasteiger partial charge on any atom is -0.469 e. The maximum Gasteiger partial charge on any atom is 0.305 e. The van der Waals surface area contributed by atoms with Gasteiger partial charge in [0.25, 0.3) is 0 Å². The number of Topliss-reactive ketones (excluding diaryl/α,β-unsaturated/α-hetero) is 1. The number of hydrogen-bond donors (Lipinski definition) is 0. The molecule has 1 aromatic heterocycles. The van der Waals surface area contributed by atoms with E-state index in [4.69, 9.17) is 0 Å². The lowest BCUT2D eigenvalue weighted by Gasteiger charge is -2.03. The van der Waals surface area contributed by atoms with E-state index in [1.54, 1.807) is 6.20 Å². The van der Waals surface area contributed by atoms with Crippen molar-refractivity contribution >= 4 is 11.8 Å². The van der Waals surface area contributed by atoms with Gasteiger partial charge in [0.2, 0.25) is 0 Å². The molecule has 1 heterocycles. The molecule has 88 valence electrons. The number of hydrogen-bond acceptors (Lipinski definition) is 4. The number of ketones is 1. The first-order valence-electron chi connectivity index (χ1n) is 5.26. The first kappa shape index (κ1) is 12.4. The van der Waals surface area contributed by atoms with Crippen LogP contribution in [0.2, 0.25) is 0 Å². The van der Waals surface area contributed by atoms with Crippen LogP contribution >= 0.6 is 0 Å². The van der Waals surface area contributed by atoms with E-state index in [1.807, 2.05) is 17.7 Å². The highest BCUT2D eigenvalue weighted by atomic mass is 16.5. The van der Waals surface area contributed by atoms with E-state index in [-0.39, 0.29) is 31.0 Å². The van der Waals surface area contributed by atoms with Crippen LogP contribution in [0.4, 0.5) is 0 Å². The number of aryl methyl sites for hydroxylation is 1. The van der Waals surface area contributed by atoms with Crippen LogP contribution < -0.4 is 0 Å². The van der Waals surface area contributed by atoms with Gasteiger partial charge in [0.05, 0.1) is 20.0 Å². The molecule has 0 saturated heterocycles. The zero-order valence-electron chi connectivity index (χ0n) is 9.60. The minimum absolute atomic E-state index is 0.00583. The molecule has 0 aliphatic heterocycles. The second-order valence-corrected chi connectivity index (χ2v) is 3.42. The quantitative estimate of drug-likeness (QED) is 0.675. The van der Waals surface area contributed by atoms with Gasteiger partial charge in [-0.1, -0.05) is 0 Å². The summed E-state index contributed by atoms with van der Waals surface area (Å²) in [5.74, 6) is 0.399. The van der Waals surface area contributed by atoms with Crippen molar-refractivity contribution in [3.63, 3.8) is 0 Å². The largest absolute Gasteiger partial charge is 0.469 e. The maximum atomic E-state index is 11.5. The van der Waals surface area contributed by atoms with Crippen LogP contribution in [0.15, 0.2) is 12.4 Å². The molecule has 0 aromatic carbocycles. The van der Waals surface area contributed by atoms with Crippen LogP contribution in [0.5, 0.6) is 0 Å². The van der Waals surface area contributed by atoms with Crippen molar-refractivity contribution in [3.05, 3.63) is 18.2 Å². The molecule has 5 heteroatoms. The van der Waals surface area contributed by atoms with Gasteiger partial charge in [0, 0.05) is 25.4 Å². The van der Waals surface area contributed by atoms with E-state index in [2.05, 4.69) is 9.72 Å². The number of carbonyl (C=O) groups excluding carboxylic acids is 2. The Bertz CT molecular complexity index is 371. The maximum absolute atomic E-state index is 11.5. The fraction of sp³-hybridized carbons (Fsp3) is 0.545. The summed E-state index contributed by atoms with van der Waals surface area (Å²) in [4.78, 5) is 26.5. The summed E-state index contributed by atoms with van der Waals surface area (Å²) < 4.78 is 6.38. The zero-order valence-corrected chi connectivity index (χ0v) is 9.60. The van der Waals surface area contributed by atoms with Crippen LogP contribution in [0.3, 0.4) is 0 Å². The fourth-order valence-electron chi connectivity index (χ4n) is 1.40. The number of rotatable bonds is 6. The van der Waals surface area contributed by atoms with Crippen LogP contribution in [-0.4, -0.2) is 28.4 Å². The molecule has 0 radical (unpaired) electrons. The number of nitrogens with zero attached hydrogens (tertiary/aromatic N) is 2. The average Bonchev–Trinajstić information content (AvgIpc) is 2.73. The predicted molar refractivity (Wildman–Crippen MR) is 57.9 cm³/mol. The topological polar surface area (TPSA) is 61.2 Å². The van der Waals surface area contributed by atoms with Crippen molar-refractivity contribution in [3.8, 4) is 0 Å². The van der Waals surface area contributed by atoms with E-state index in [0.717, 1.165) is 12.4 Å². The smallest absolute Gasteiger partial charge is 0.305 e. The highest BCUT2D eigenvalue weighted by molar-refractivity contribution is 5.84. The van der Waals surface area contributed by atoms with Crippen molar-refractivity contribution in [1.29, 1.82) is 0 Å². The molecule has 0 saturated carbocycles. The molecule has 0 amide bonds. The number of methoxy groups -OCH3 is 1. The Morgan fingerprint density at radius 3 is 2.81 bits per heavy atom. The van der Waals surface area contributed by atoms with E-state index >= 15 is 0 Å². The highest BCUT2D eigenvalue weighted by Gasteiger charge is 2.10. The van der Waals surface area contributed by atoms with Crippen molar-refractivity contribution in [1.82, 2.24) is 9.55 Å². The van der Waals surface area contributed by atoms with Gasteiger partial charge in [-0.2, -0.15) is 0 Å². The van der Waals surface area contributed by atoms with Crippen molar-refractivity contribution < 1.29 is 14.3 Å². The molecule has 0 fully saturated rings. The molecule has 1 rings (SSSR count). The second-order valence-electron chi connectivity index (χ2n) is 3.42. The molecule has 0 spiro atoms. The Hall–Kier alpha value is -1.65. The van der Waals surface area contributed by atoms with Crippen LogP contribution in [-0.2, 0) is 27.3 Å². The van der Waals surface area contributed by atoms with E-state index in [9.17, 15) is 9.59 Å². The predicted octanol–water partition coefficient (Wildman–Crippen LogP) is 0.968. The van der Waals surface area contributed by atoms with Crippen molar-refractivity contribution in [2.75, 3.05) is 7.11 Å². The average molecular weight is 224 g/mol. The number of ether oxygens (including phenoxy) is 1. The molecule has 5 nitrogen and oxygen atoms in total. The Balaban J connectivity index is 2.42. The van der Waals surface area contributed by atoms with Gasteiger partial charge in [0.1, 0.15) is 11.6 Å². The molecule has 0 atom stereocenters. The molecule has 1 aromatic rings. The number of esters is 1. The Morgan fingerprint density at radius 1 is 1.44 bits per heavy atom. The zero-order chi connectivity index (χ0) is 12.0. The third-order valence-electron chi connectivity index (χ3n) is 2.33. The second kappa shape index (κ2) is 6.05. The summed E-state index contributed by atoms with van der Waals surface area (Å²) >= 11 is 0. The molecule has 16 heavy (non-hydrogen) atoms. The van der Waals surface area contributed by atoms with Gasteiger partial charge < -0.3 is 9.30 Å². The monoisotopic (exact) mass is 224 g/mol. The minimum atomic E-state index is -0.354. The summed E-state index contributed by atoms with van der Waals surface area (Å²) in [6, 6.07) is 0. The van der Waals surface area contributed by atoms with E-state index in [1.165, 1.54) is 7.11 Å². The first-order chi connectivity index (χ1) is 7.67. The highest BCUT2D eigenvalue weighted by Crippen LogP contribution is 2.03. The van der Waals surface area contributed by atoms with Gasteiger partial charge in [-0.25, -0.2) is 4.98 Å². The Labute approximate surface area is 94.4 Å². The standard InChI is InChI=1S/C11H16N2O3/c1-3-13-7-6-12-10(13)8-9(14)4-5-11(15)16-2/h6-7H,3-5,8H2,1-2H3. The molecule has 0 aliphatic carbocycles. The van der Waals surface area contributed by atoms with E-state index in [0.29, 0.717) is 0 Å². The van der Waals surface area contributed by atoms with Gasteiger partial charge in [0.15, 0.2) is 0 Å². The fourth-order valence-corrected chi connectivity index (χ4v) is 1.40. The summed E-state index contributed by atoms with van der Waals surface area (Å²) in [6.07, 6.45) is 4.14. The lowest BCUT2D eigenvalue weighted by Crippen LogP contribution is -2.11. The number of carbonyl (C=O) groups is 2. The van der Waals surface area contributed by atoms with Crippen molar-refractivity contribution in [2.24, 2.45) is 0 Å². The SMILES string of the molecule is CCn1ccnc1CC(=O)CCC(=O)OC. The van der Waals surface area contributed by atoms with E-state index < -0.39 is 0 Å². The third-order valence-corrected chi connectivity index (χ3v) is 2.33. The molecule has 0 bridgehead atoms. The first-order valence-corrected chi connectivity index (χ1v) is 5.26. The van der Waals surface area contributed by atoms with Crippen LogP contribution in [0, 0.1) is 0 Å². The molecule has 0 aliphatic rings. The van der Waals surface area contributed by atoms with Crippen LogP contribution in [0.25, 0.3) is 0 Å². The van der Waals surface area contributed by atoms with Crippen molar-refractivity contribution in [2.45, 2.75) is 32.7 Å². The van der Waals surface area contributed by atoms with Gasteiger partial charge >= 0.3 is 5.97 Å².